The Morgan fingerprint density at radius 1 is 1.11 bits per heavy atom. The fourth-order valence-corrected chi connectivity index (χ4v) is 3.44. The van der Waals surface area contributed by atoms with E-state index in [0.29, 0.717) is 11.3 Å². The SMILES string of the molecule is COc1ccc(NC(=O)Cc2ccc(S(=O)(=O)C(C)C)cc2)c(C(=O)O)c1. The summed E-state index contributed by atoms with van der Waals surface area (Å²) in [5.41, 5.74) is 0.689. The van der Waals surface area contributed by atoms with Gasteiger partial charge in [0.05, 0.1) is 34.9 Å². The van der Waals surface area contributed by atoms with E-state index in [1.165, 1.54) is 31.4 Å². The molecule has 0 saturated carbocycles. The smallest absolute Gasteiger partial charge is 0.337 e. The third-order valence-electron chi connectivity index (χ3n) is 3.97. The second-order valence-corrected chi connectivity index (χ2v) is 8.68. The van der Waals surface area contributed by atoms with Gasteiger partial charge in [-0.3, -0.25) is 4.79 Å². The largest absolute Gasteiger partial charge is 0.497 e. The van der Waals surface area contributed by atoms with Gasteiger partial charge in [0.15, 0.2) is 9.84 Å². The summed E-state index contributed by atoms with van der Waals surface area (Å²) in [6, 6.07) is 10.4. The van der Waals surface area contributed by atoms with Crippen molar-refractivity contribution < 1.29 is 27.9 Å². The van der Waals surface area contributed by atoms with E-state index >= 15 is 0 Å². The molecule has 0 radical (unpaired) electrons. The van der Waals surface area contributed by atoms with E-state index in [4.69, 9.17) is 4.74 Å². The summed E-state index contributed by atoms with van der Waals surface area (Å²) < 4.78 is 29.2. The van der Waals surface area contributed by atoms with Crippen LogP contribution in [0, 0.1) is 0 Å². The number of carbonyl (C=O) groups excluding carboxylic acids is 1. The van der Waals surface area contributed by atoms with Gasteiger partial charge < -0.3 is 15.2 Å². The molecule has 0 aliphatic heterocycles. The Morgan fingerprint density at radius 2 is 1.74 bits per heavy atom. The first-order valence-electron chi connectivity index (χ1n) is 8.19. The molecule has 0 aliphatic carbocycles. The van der Waals surface area contributed by atoms with Gasteiger partial charge >= 0.3 is 5.97 Å². The monoisotopic (exact) mass is 391 g/mol. The molecule has 0 spiro atoms. The number of anilines is 1. The molecule has 7 nitrogen and oxygen atoms in total. The molecule has 1 amide bonds. The average molecular weight is 391 g/mol. The highest BCUT2D eigenvalue weighted by atomic mass is 32.2. The molecule has 0 atom stereocenters. The van der Waals surface area contributed by atoms with Crippen molar-refractivity contribution in [2.24, 2.45) is 0 Å². The zero-order chi connectivity index (χ0) is 20.2. The van der Waals surface area contributed by atoms with Crippen LogP contribution in [0.1, 0.15) is 29.8 Å². The third-order valence-corrected chi connectivity index (χ3v) is 6.14. The van der Waals surface area contributed by atoms with E-state index in [0.717, 1.165) is 0 Å². The van der Waals surface area contributed by atoms with Crippen molar-refractivity contribution in [1.29, 1.82) is 0 Å². The van der Waals surface area contributed by atoms with Crippen LogP contribution < -0.4 is 10.1 Å². The summed E-state index contributed by atoms with van der Waals surface area (Å²) in [5, 5.41) is 11.3. The number of sulfone groups is 1. The van der Waals surface area contributed by atoms with E-state index < -0.39 is 27.0 Å². The summed E-state index contributed by atoms with van der Waals surface area (Å²) >= 11 is 0. The van der Waals surface area contributed by atoms with Gasteiger partial charge in [-0.1, -0.05) is 12.1 Å². The molecular formula is C19H21NO6S. The maximum Gasteiger partial charge on any atom is 0.337 e. The summed E-state index contributed by atoms with van der Waals surface area (Å²) in [7, 11) is -1.95. The molecule has 0 saturated heterocycles. The van der Waals surface area contributed by atoms with E-state index in [1.54, 1.807) is 32.0 Å². The van der Waals surface area contributed by atoms with E-state index in [9.17, 15) is 23.1 Å². The molecule has 2 N–H and O–H groups in total. The lowest BCUT2D eigenvalue weighted by atomic mass is 10.1. The predicted molar refractivity (Wildman–Crippen MR) is 101 cm³/mol. The van der Waals surface area contributed by atoms with Gasteiger partial charge in [0, 0.05) is 0 Å². The summed E-state index contributed by atoms with van der Waals surface area (Å²) in [4.78, 5) is 23.8. The van der Waals surface area contributed by atoms with Crippen molar-refractivity contribution >= 4 is 27.4 Å². The van der Waals surface area contributed by atoms with Crippen LogP contribution in [0.4, 0.5) is 5.69 Å². The Bertz CT molecular complexity index is 949. The Labute approximate surface area is 157 Å². The Hall–Kier alpha value is -2.87. The third kappa shape index (κ3) is 4.85. The standard InChI is InChI=1S/C19H21NO6S/c1-12(2)27(24,25)15-7-4-13(5-8-15)10-18(21)20-17-9-6-14(26-3)11-16(17)19(22)23/h4-9,11-12H,10H2,1-3H3,(H,20,21)(H,22,23). The molecule has 2 aromatic carbocycles. The molecule has 8 heteroatoms. The second-order valence-electron chi connectivity index (χ2n) is 6.18. The minimum Gasteiger partial charge on any atom is -0.497 e. The Morgan fingerprint density at radius 3 is 2.26 bits per heavy atom. The highest BCUT2D eigenvalue weighted by molar-refractivity contribution is 7.92. The number of nitrogens with one attached hydrogen (secondary N) is 1. The van der Waals surface area contributed by atoms with Gasteiger partial charge in [-0.2, -0.15) is 0 Å². The van der Waals surface area contributed by atoms with Gasteiger partial charge in [-0.05, 0) is 49.7 Å². The number of aromatic carboxylic acids is 1. The van der Waals surface area contributed by atoms with Crippen LogP contribution in [0.15, 0.2) is 47.4 Å². The molecular weight excluding hydrogens is 370 g/mol. The van der Waals surface area contributed by atoms with Crippen LogP contribution in [-0.4, -0.2) is 37.8 Å². The summed E-state index contributed by atoms with van der Waals surface area (Å²) in [6.45, 7) is 3.21. The fourth-order valence-electron chi connectivity index (χ4n) is 2.39. The predicted octanol–water partition coefficient (Wildman–Crippen LogP) is 2.76. The Kier molecular flexibility index (Phi) is 6.22. The minimum absolute atomic E-state index is 0.0207. The van der Waals surface area contributed by atoms with Gasteiger partial charge in [0.1, 0.15) is 5.75 Å². The first kappa shape index (κ1) is 20.4. The van der Waals surface area contributed by atoms with Crippen molar-refractivity contribution in [3.05, 3.63) is 53.6 Å². The van der Waals surface area contributed by atoms with E-state index in [1.807, 2.05) is 0 Å². The lowest BCUT2D eigenvalue weighted by Crippen LogP contribution is -2.17. The molecule has 0 fully saturated rings. The van der Waals surface area contributed by atoms with Gasteiger partial charge in [0.25, 0.3) is 0 Å². The number of hydrogen-bond donors (Lipinski definition) is 2. The zero-order valence-corrected chi connectivity index (χ0v) is 16.0. The molecule has 0 aromatic heterocycles. The maximum atomic E-state index is 12.2. The number of ether oxygens (including phenoxy) is 1. The first-order valence-corrected chi connectivity index (χ1v) is 9.73. The van der Waals surface area contributed by atoms with Crippen molar-refractivity contribution in [2.45, 2.75) is 30.4 Å². The van der Waals surface area contributed by atoms with E-state index in [2.05, 4.69) is 5.32 Å². The van der Waals surface area contributed by atoms with Gasteiger partial charge in [-0.25, -0.2) is 13.2 Å². The van der Waals surface area contributed by atoms with Crippen LogP contribution in [0.5, 0.6) is 5.75 Å². The number of amides is 1. The Balaban J connectivity index is 2.14. The van der Waals surface area contributed by atoms with Gasteiger partial charge in [0.2, 0.25) is 5.91 Å². The van der Waals surface area contributed by atoms with Crippen LogP contribution in [0.25, 0.3) is 0 Å². The zero-order valence-electron chi connectivity index (χ0n) is 15.2. The summed E-state index contributed by atoms with van der Waals surface area (Å²) in [5.74, 6) is -1.23. The maximum absolute atomic E-state index is 12.2. The summed E-state index contributed by atoms with van der Waals surface area (Å²) in [6.07, 6.45) is -0.0207. The highest BCUT2D eigenvalue weighted by Crippen LogP contribution is 2.23. The second kappa shape index (κ2) is 8.22. The lowest BCUT2D eigenvalue weighted by molar-refractivity contribution is -0.115. The topological polar surface area (TPSA) is 110 Å². The lowest BCUT2D eigenvalue weighted by Gasteiger charge is -2.11. The van der Waals surface area contributed by atoms with E-state index in [-0.39, 0.29) is 22.6 Å². The average Bonchev–Trinajstić information content (AvgIpc) is 2.62. The molecule has 27 heavy (non-hydrogen) atoms. The number of carboxylic acids is 1. The number of carbonyl (C=O) groups is 2. The molecule has 2 rings (SSSR count). The molecule has 144 valence electrons. The quantitative estimate of drug-likeness (QED) is 0.751. The molecule has 0 unspecified atom stereocenters. The van der Waals surface area contributed by atoms with Crippen molar-refractivity contribution in [2.75, 3.05) is 12.4 Å². The van der Waals surface area contributed by atoms with Crippen LogP contribution in [0.3, 0.4) is 0 Å². The van der Waals surface area contributed by atoms with Gasteiger partial charge in [-0.15, -0.1) is 0 Å². The number of carboxylic acid groups (broad SMARTS) is 1. The molecule has 0 aliphatic rings. The van der Waals surface area contributed by atoms with Crippen LogP contribution >= 0.6 is 0 Å². The number of benzene rings is 2. The van der Waals surface area contributed by atoms with Crippen LogP contribution in [0.2, 0.25) is 0 Å². The first-order chi connectivity index (χ1) is 12.6. The van der Waals surface area contributed by atoms with Crippen molar-refractivity contribution in [3.8, 4) is 5.75 Å². The van der Waals surface area contributed by atoms with Crippen molar-refractivity contribution in [1.82, 2.24) is 0 Å². The fraction of sp³-hybridized carbons (Fsp3) is 0.263. The van der Waals surface area contributed by atoms with Crippen molar-refractivity contribution in [3.63, 3.8) is 0 Å². The molecule has 2 aromatic rings. The number of hydrogen-bond acceptors (Lipinski definition) is 5. The normalized spacial score (nSPS) is 11.3. The molecule has 0 heterocycles. The molecule has 0 bridgehead atoms. The minimum atomic E-state index is -3.37. The highest BCUT2D eigenvalue weighted by Gasteiger charge is 2.19. The number of rotatable bonds is 7. The number of methoxy groups -OCH3 is 1. The van der Waals surface area contributed by atoms with Crippen LogP contribution in [-0.2, 0) is 21.1 Å².